The lowest BCUT2D eigenvalue weighted by atomic mass is 9.67. The number of nitrogens with one attached hydrogen (secondary N) is 1. The van der Waals surface area contributed by atoms with E-state index < -0.39 is 23.8 Å². The molecule has 3 rings (SSSR count). The number of ether oxygens (including phenoxy) is 2. The van der Waals surface area contributed by atoms with Crippen LogP contribution in [0.15, 0.2) is 12.1 Å². The van der Waals surface area contributed by atoms with Crippen molar-refractivity contribution >= 4 is 0 Å². The minimum absolute atomic E-state index is 0.249. The SMILES string of the molecule is CCC1(CC)c2nc(COC(F)F)ccc2C2(COC2)NC1O. The number of pyridine rings is 1. The van der Waals surface area contributed by atoms with Crippen molar-refractivity contribution in [3.63, 3.8) is 0 Å². The molecule has 0 aliphatic carbocycles. The molecule has 2 aliphatic rings. The third-order valence-electron chi connectivity index (χ3n) is 5.19. The lowest BCUT2D eigenvalue weighted by Gasteiger charge is -2.54. The first-order valence-electron chi connectivity index (χ1n) is 7.91. The fraction of sp³-hybridized carbons (Fsp3) is 0.688. The van der Waals surface area contributed by atoms with Gasteiger partial charge in [-0.15, -0.1) is 0 Å². The first kappa shape index (κ1) is 16.7. The zero-order chi connectivity index (χ0) is 16.7. The molecule has 0 saturated carbocycles. The first-order valence-corrected chi connectivity index (χ1v) is 7.91. The van der Waals surface area contributed by atoms with Crippen molar-refractivity contribution in [2.24, 2.45) is 0 Å². The van der Waals surface area contributed by atoms with E-state index in [1.807, 2.05) is 19.9 Å². The summed E-state index contributed by atoms with van der Waals surface area (Å²) in [6.45, 7) is 1.86. The Balaban J connectivity index is 2.05. The monoisotopic (exact) mass is 328 g/mol. The molecule has 2 N–H and O–H groups in total. The number of hydrogen-bond donors (Lipinski definition) is 2. The van der Waals surface area contributed by atoms with E-state index >= 15 is 0 Å². The molecule has 1 spiro atoms. The van der Waals surface area contributed by atoms with Crippen LogP contribution in [0.1, 0.15) is 43.6 Å². The molecule has 0 radical (unpaired) electrons. The molecule has 1 fully saturated rings. The second-order valence-electron chi connectivity index (χ2n) is 6.26. The van der Waals surface area contributed by atoms with Gasteiger partial charge in [0, 0.05) is 0 Å². The Bertz CT molecular complexity index is 574. The van der Waals surface area contributed by atoms with E-state index in [0.29, 0.717) is 31.7 Å². The van der Waals surface area contributed by atoms with Gasteiger partial charge < -0.3 is 14.6 Å². The van der Waals surface area contributed by atoms with Crippen molar-refractivity contribution in [2.75, 3.05) is 13.2 Å². The van der Waals surface area contributed by atoms with Crippen LogP contribution in [-0.2, 0) is 27.0 Å². The molecule has 1 atom stereocenters. The second-order valence-corrected chi connectivity index (χ2v) is 6.26. The summed E-state index contributed by atoms with van der Waals surface area (Å²) in [7, 11) is 0. The predicted octanol–water partition coefficient (Wildman–Crippen LogP) is 2.03. The molecule has 2 aliphatic heterocycles. The van der Waals surface area contributed by atoms with Crippen LogP contribution >= 0.6 is 0 Å². The van der Waals surface area contributed by atoms with Gasteiger partial charge in [0.25, 0.3) is 0 Å². The highest BCUT2D eigenvalue weighted by Crippen LogP contribution is 2.46. The molecule has 5 nitrogen and oxygen atoms in total. The van der Waals surface area contributed by atoms with Crippen molar-refractivity contribution in [3.8, 4) is 0 Å². The van der Waals surface area contributed by atoms with Crippen LogP contribution in [0.2, 0.25) is 0 Å². The fourth-order valence-electron chi connectivity index (χ4n) is 3.62. The molecule has 1 aromatic heterocycles. The van der Waals surface area contributed by atoms with Crippen molar-refractivity contribution in [1.82, 2.24) is 10.3 Å². The van der Waals surface area contributed by atoms with Gasteiger partial charge in [-0.1, -0.05) is 19.9 Å². The zero-order valence-corrected chi connectivity index (χ0v) is 13.3. The Morgan fingerprint density at radius 2 is 2.09 bits per heavy atom. The molecule has 128 valence electrons. The average molecular weight is 328 g/mol. The molecule has 0 amide bonds. The van der Waals surface area contributed by atoms with Crippen molar-refractivity contribution < 1.29 is 23.4 Å². The number of hydrogen-bond acceptors (Lipinski definition) is 5. The minimum atomic E-state index is -2.83. The Kier molecular flexibility index (Phi) is 4.39. The Hall–Kier alpha value is -1.15. The predicted molar refractivity (Wildman–Crippen MR) is 78.9 cm³/mol. The van der Waals surface area contributed by atoms with Gasteiger partial charge in [0.2, 0.25) is 0 Å². The molecule has 1 aromatic rings. The van der Waals surface area contributed by atoms with Gasteiger partial charge in [0.05, 0.1) is 42.2 Å². The lowest BCUT2D eigenvalue weighted by Crippen LogP contribution is -2.68. The van der Waals surface area contributed by atoms with Crippen molar-refractivity contribution in [1.29, 1.82) is 0 Å². The largest absolute Gasteiger partial charge is 0.378 e. The normalized spacial score (nSPS) is 24.5. The average Bonchev–Trinajstić information content (AvgIpc) is 2.51. The maximum atomic E-state index is 12.3. The molecule has 23 heavy (non-hydrogen) atoms. The summed E-state index contributed by atoms with van der Waals surface area (Å²) in [5.41, 5.74) is 1.22. The highest BCUT2D eigenvalue weighted by molar-refractivity contribution is 5.41. The summed E-state index contributed by atoms with van der Waals surface area (Å²) in [6.07, 6.45) is 0.620. The molecule has 3 heterocycles. The van der Waals surface area contributed by atoms with E-state index in [-0.39, 0.29) is 6.61 Å². The van der Waals surface area contributed by atoms with Gasteiger partial charge in [0.15, 0.2) is 0 Å². The van der Waals surface area contributed by atoms with Crippen molar-refractivity contribution in [2.45, 2.75) is 57.1 Å². The van der Waals surface area contributed by atoms with Crippen LogP contribution in [0.4, 0.5) is 8.78 Å². The van der Waals surface area contributed by atoms with Crippen LogP contribution in [0.5, 0.6) is 0 Å². The fourth-order valence-corrected chi connectivity index (χ4v) is 3.62. The number of fused-ring (bicyclic) bond motifs is 2. The quantitative estimate of drug-likeness (QED) is 0.866. The molecule has 1 saturated heterocycles. The maximum absolute atomic E-state index is 12.3. The number of aliphatic hydroxyl groups excluding tert-OH is 1. The minimum Gasteiger partial charge on any atom is -0.378 e. The van der Waals surface area contributed by atoms with Crippen LogP contribution in [0.25, 0.3) is 0 Å². The summed E-state index contributed by atoms with van der Waals surface area (Å²) in [5, 5.41) is 14.0. The van der Waals surface area contributed by atoms with E-state index in [2.05, 4.69) is 15.0 Å². The lowest BCUT2D eigenvalue weighted by molar-refractivity contribution is -0.138. The number of rotatable bonds is 5. The zero-order valence-electron chi connectivity index (χ0n) is 13.3. The van der Waals surface area contributed by atoms with Crippen molar-refractivity contribution in [3.05, 3.63) is 29.1 Å². The summed E-state index contributed by atoms with van der Waals surface area (Å²) in [4.78, 5) is 4.59. The smallest absolute Gasteiger partial charge is 0.345 e. The number of nitrogens with zero attached hydrogens (tertiary/aromatic N) is 1. The number of alkyl halides is 2. The van der Waals surface area contributed by atoms with Gasteiger partial charge >= 0.3 is 6.61 Å². The van der Waals surface area contributed by atoms with E-state index in [1.165, 1.54) is 0 Å². The molecule has 0 aromatic carbocycles. The summed E-state index contributed by atoms with van der Waals surface area (Å²) < 4.78 is 34.3. The van der Waals surface area contributed by atoms with E-state index in [1.54, 1.807) is 6.07 Å². The third-order valence-corrected chi connectivity index (χ3v) is 5.19. The summed E-state index contributed by atoms with van der Waals surface area (Å²) >= 11 is 0. The molecule has 1 unspecified atom stereocenters. The van der Waals surface area contributed by atoms with Crippen LogP contribution in [-0.4, -0.2) is 36.1 Å². The van der Waals surface area contributed by atoms with E-state index in [9.17, 15) is 13.9 Å². The van der Waals surface area contributed by atoms with Gasteiger partial charge in [-0.25, -0.2) is 0 Å². The van der Waals surface area contributed by atoms with Gasteiger partial charge in [-0.2, -0.15) is 8.78 Å². The summed E-state index contributed by atoms with van der Waals surface area (Å²) in [5.74, 6) is 0. The first-order chi connectivity index (χ1) is 11.0. The van der Waals surface area contributed by atoms with Crippen LogP contribution < -0.4 is 5.32 Å². The second kappa shape index (κ2) is 6.05. The van der Waals surface area contributed by atoms with Crippen LogP contribution in [0.3, 0.4) is 0 Å². The van der Waals surface area contributed by atoms with E-state index in [0.717, 1.165) is 11.3 Å². The Labute approximate surface area is 134 Å². The third kappa shape index (κ3) is 2.55. The van der Waals surface area contributed by atoms with Gasteiger partial charge in [-0.05, 0) is 24.5 Å². The number of halogens is 2. The Morgan fingerprint density at radius 3 is 2.61 bits per heavy atom. The molecule has 7 heteroatoms. The molecular weight excluding hydrogens is 306 g/mol. The number of aromatic nitrogens is 1. The van der Waals surface area contributed by atoms with E-state index in [4.69, 9.17) is 4.74 Å². The topological polar surface area (TPSA) is 63.6 Å². The summed E-state index contributed by atoms with van der Waals surface area (Å²) in [6, 6.07) is 3.60. The molecule has 0 bridgehead atoms. The Morgan fingerprint density at radius 1 is 1.39 bits per heavy atom. The molecular formula is C16H22F2N2O3. The number of aliphatic hydroxyl groups is 1. The van der Waals surface area contributed by atoms with Gasteiger partial charge in [-0.3, -0.25) is 10.3 Å². The van der Waals surface area contributed by atoms with Crippen LogP contribution in [0, 0.1) is 0 Å². The maximum Gasteiger partial charge on any atom is 0.345 e. The van der Waals surface area contributed by atoms with Gasteiger partial charge in [0.1, 0.15) is 6.23 Å². The highest BCUT2D eigenvalue weighted by atomic mass is 19.3. The standard InChI is InChI=1S/C16H22F2N2O3/c1-3-15(4-2)12-11(16(8-22-9-16)20-13(15)21)6-5-10(19-12)7-23-14(17)18/h5-6,13-14,20-21H,3-4,7-9H2,1-2H3. The highest BCUT2D eigenvalue weighted by Gasteiger charge is 2.54.